The first kappa shape index (κ1) is 14.4. The molecule has 1 aromatic rings. The number of fused-ring (bicyclic) bond motifs is 1. The minimum Gasteiger partial charge on any atom is -0.370 e. The molecule has 0 bridgehead atoms. The molecular weight excluding hydrogens is 246 g/mol. The van der Waals surface area contributed by atoms with Crippen LogP contribution < -0.4 is 10.6 Å². The van der Waals surface area contributed by atoms with E-state index in [-0.39, 0.29) is 0 Å². The molecule has 0 aromatic heterocycles. The Morgan fingerprint density at radius 1 is 1.05 bits per heavy atom. The van der Waals surface area contributed by atoms with Gasteiger partial charge in [0, 0.05) is 24.5 Å². The van der Waals surface area contributed by atoms with Gasteiger partial charge in [-0.05, 0) is 37.5 Å². The van der Waals surface area contributed by atoms with Crippen molar-refractivity contribution in [2.45, 2.75) is 33.4 Å². The van der Waals surface area contributed by atoms with Gasteiger partial charge in [0.25, 0.3) is 0 Å². The fraction of sp³-hybridized carbons (Fsp3) is 0.353. The molecule has 0 spiro atoms. The summed E-state index contributed by atoms with van der Waals surface area (Å²) < 4.78 is 0. The van der Waals surface area contributed by atoms with E-state index in [1.165, 1.54) is 16.7 Å². The van der Waals surface area contributed by atoms with Crippen molar-refractivity contribution in [3.63, 3.8) is 0 Å². The van der Waals surface area contributed by atoms with E-state index in [0.717, 1.165) is 18.7 Å². The van der Waals surface area contributed by atoms with Crippen LogP contribution in [0.15, 0.2) is 47.7 Å². The summed E-state index contributed by atoms with van der Waals surface area (Å²) in [6, 6.07) is 8.43. The summed E-state index contributed by atoms with van der Waals surface area (Å²) in [4.78, 5) is 4.46. The van der Waals surface area contributed by atoms with Gasteiger partial charge >= 0.3 is 0 Å². The number of aliphatic imine (C=N–C) groups is 1. The molecule has 0 radical (unpaired) electrons. The second-order valence-electron chi connectivity index (χ2n) is 4.86. The molecule has 3 heteroatoms. The largest absolute Gasteiger partial charge is 0.370 e. The molecule has 20 heavy (non-hydrogen) atoms. The van der Waals surface area contributed by atoms with Crippen LogP contribution in [0.3, 0.4) is 0 Å². The zero-order valence-electron chi connectivity index (χ0n) is 12.5. The van der Waals surface area contributed by atoms with Gasteiger partial charge in [-0.1, -0.05) is 31.2 Å². The fourth-order valence-corrected chi connectivity index (χ4v) is 2.32. The van der Waals surface area contributed by atoms with Crippen LogP contribution in [0.25, 0.3) is 5.57 Å². The summed E-state index contributed by atoms with van der Waals surface area (Å²) in [5.74, 6) is 0. The number of allylic oxidation sites excluding steroid dienone is 2. The molecule has 0 fully saturated rings. The molecule has 0 saturated carbocycles. The first-order chi connectivity index (χ1) is 9.76. The molecule has 1 aromatic carbocycles. The summed E-state index contributed by atoms with van der Waals surface area (Å²) in [6.07, 6.45) is 7.63. The third-order valence-electron chi connectivity index (χ3n) is 3.40. The molecule has 3 nitrogen and oxygen atoms in total. The van der Waals surface area contributed by atoms with E-state index in [0.29, 0.717) is 6.17 Å². The number of nitrogens with one attached hydrogen (secondary N) is 2. The van der Waals surface area contributed by atoms with E-state index in [9.17, 15) is 0 Å². The second-order valence-corrected chi connectivity index (χ2v) is 4.86. The fourth-order valence-electron chi connectivity index (χ4n) is 2.32. The predicted octanol–water partition coefficient (Wildman–Crippen LogP) is 3.30. The Balaban J connectivity index is 0.000000178. The lowest BCUT2D eigenvalue weighted by Crippen LogP contribution is -2.29. The van der Waals surface area contributed by atoms with E-state index in [1.807, 2.05) is 12.4 Å². The molecule has 2 N–H and O–H groups in total. The highest BCUT2D eigenvalue weighted by Gasteiger charge is 2.14. The standard InChI is InChI=1S/C12H13N.C5H10N2/c1-3-13-12-8-9(2)10-6-4-5-7-11(10)12;1-2-5-6-3-4-7-5/h4-8H,3H2,1-2H3;3-7H,2H2,1H3. The summed E-state index contributed by atoms with van der Waals surface area (Å²) in [5, 5.41) is 6.23. The third-order valence-corrected chi connectivity index (χ3v) is 3.40. The summed E-state index contributed by atoms with van der Waals surface area (Å²) in [6.45, 7) is 7.19. The first-order valence-electron chi connectivity index (χ1n) is 7.26. The number of hydrogen-bond acceptors (Lipinski definition) is 3. The Hall–Kier alpha value is -2.03. The van der Waals surface area contributed by atoms with Crippen molar-refractivity contribution in [2.75, 3.05) is 6.54 Å². The van der Waals surface area contributed by atoms with Crippen LogP contribution in [0.1, 0.15) is 38.3 Å². The first-order valence-corrected chi connectivity index (χ1v) is 7.26. The quantitative estimate of drug-likeness (QED) is 0.864. The van der Waals surface area contributed by atoms with Gasteiger partial charge in [0.2, 0.25) is 0 Å². The summed E-state index contributed by atoms with van der Waals surface area (Å²) in [5.41, 5.74) is 5.06. The Labute approximate surface area is 121 Å². The molecule has 2 aliphatic rings. The SMILES string of the molecule is CCC1NC=CN1.CCN=C1C=C(C)c2ccccc21. The highest BCUT2D eigenvalue weighted by molar-refractivity contribution is 6.19. The van der Waals surface area contributed by atoms with Gasteiger partial charge in [0.05, 0.1) is 11.9 Å². The lowest BCUT2D eigenvalue weighted by molar-refractivity contribution is 0.553. The van der Waals surface area contributed by atoms with Crippen molar-refractivity contribution in [3.8, 4) is 0 Å². The molecule has 0 saturated heterocycles. The van der Waals surface area contributed by atoms with E-state index in [4.69, 9.17) is 0 Å². The molecular formula is C17H23N3. The van der Waals surface area contributed by atoms with Crippen LogP contribution in [0.2, 0.25) is 0 Å². The molecule has 0 atom stereocenters. The van der Waals surface area contributed by atoms with Crippen LogP contribution in [-0.4, -0.2) is 18.4 Å². The van der Waals surface area contributed by atoms with Gasteiger partial charge in [-0.25, -0.2) is 0 Å². The van der Waals surface area contributed by atoms with E-state index >= 15 is 0 Å². The van der Waals surface area contributed by atoms with Crippen molar-refractivity contribution in [1.29, 1.82) is 0 Å². The minimum absolute atomic E-state index is 0.486. The van der Waals surface area contributed by atoms with E-state index in [2.05, 4.69) is 66.7 Å². The molecule has 1 heterocycles. The maximum absolute atomic E-state index is 4.46. The van der Waals surface area contributed by atoms with Gasteiger partial charge in [-0.2, -0.15) is 0 Å². The maximum atomic E-state index is 4.46. The van der Waals surface area contributed by atoms with Gasteiger partial charge in [0.15, 0.2) is 0 Å². The third kappa shape index (κ3) is 3.29. The Morgan fingerprint density at radius 3 is 2.25 bits per heavy atom. The zero-order chi connectivity index (χ0) is 14.4. The lowest BCUT2D eigenvalue weighted by Gasteiger charge is -2.06. The van der Waals surface area contributed by atoms with Crippen LogP contribution in [0.4, 0.5) is 0 Å². The average Bonchev–Trinajstić information content (AvgIpc) is 3.10. The average molecular weight is 269 g/mol. The maximum Gasteiger partial charge on any atom is 0.0953 e. The lowest BCUT2D eigenvalue weighted by atomic mass is 10.1. The summed E-state index contributed by atoms with van der Waals surface area (Å²) >= 11 is 0. The summed E-state index contributed by atoms with van der Waals surface area (Å²) in [7, 11) is 0. The van der Waals surface area contributed by atoms with Crippen LogP contribution in [0, 0.1) is 0 Å². The monoisotopic (exact) mass is 269 g/mol. The van der Waals surface area contributed by atoms with Gasteiger partial charge in [0.1, 0.15) is 0 Å². The topological polar surface area (TPSA) is 36.4 Å². The Bertz CT molecular complexity index is 533. The Kier molecular flexibility index (Phi) is 4.99. The highest BCUT2D eigenvalue weighted by Crippen LogP contribution is 2.26. The van der Waals surface area contributed by atoms with E-state index < -0.39 is 0 Å². The number of rotatable bonds is 2. The smallest absolute Gasteiger partial charge is 0.0953 e. The van der Waals surface area contributed by atoms with E-state index in [1.54, 1.807) is 0 Å². The van der Waals surface area contributed by atoms with Crippen molar-refractivity contribution >= 4 is 11.3 Å². The molecule has 3 rings (SSSR count). The second kappa shape index (κ2) is 6.94. The molecule has 1 aliphatic carbocycles. The predicted molar refractivity (Wildman–Crippen MR) is 86.7 cm³/mol. The van der Waals surface area contributed by atoms with Crippen LogP contribution in [0.5, 0.6) is 0 Å². The molecule has 1 aliphatic heterocycles. The molecule has 106 valence electrons. The normalized spacial score (nSPS) is 17.9. The van der Waals surface area contributed by atoms with Crippen molar-refractivity contribution < 1.29 is 0 Å². The van der Waals surface area contributed by atoms with Gasteiger partial charge in [-0.3, -0.25) is 4.99 Å². The minimum atomic E-state index is 0.486. The van der Waals surface area contributed by atoms with Crippen molar-refractivity contribution in [3.05, 3.63) is 53.9 Å². The van der Waals surface area contributed by atoms with Crippen LogP contribution in [-0.2, 0) is 0 Å². The van der Waals surface area contributed by atoms with Gasteiger partial charge < -0.3 is 10.6 Å². The molecule has 0 amide bonds. The van der Waals surface area contributed by atoms with Crippen LogP contribution >= 0.6 is 0 Å². The zero-order valence-corrected chi connectivity index (χ0v) is 12.5. The Morgan fingerprint density at radius 2 is 1.70 bits per heavy atom. The van der Waals surface area contributed by atoms with Crippen molar-refractivity contribution in [2.24, 2.45) is 4.99 Å². The number of nitrogens with zero attached hydrogens (tertiary/aromatic N) is 1. The molecule has 0 unspecified atom stereocenters. The van der Waals surface area contributed by atoms with Crippen molar-refractivity contribution in [1.82, 2.24) is 10.6 Å². The van der Waals surface area contributed by atoms with Gasteiger partial charge in [-0.15, -0.1) is 0 Å². The number of hydrogen-bond donors (Lipinski definition) is 2. The number of benzene rings is 1. The highest BCUT2D eigenvalue weighted by atomic mass is 15.1.